The van der Waals surface area contributed by atoms with E-state index in [9.17, 15) is 9.90 Å². The number of aliphatic hydroxyl groups is 1. The van der Waals surface area contributed by atoms with E-state index in [0.29, 0.717) is 6.42 Å². The molecule has 3 nitrogen and oxygen atoms in total. The van der Waals surface area contributed by atoms with E-state index in [0.717, 1.165) is 24.3 Å². The number of hydrogen-bond donors (Lipinski definition) is 2. The van der Waals surface area contributed by atoms with Crippen molar-refractivity contribution >= 4 is 17.7 Å². The first kappa shape index (κ1) is 9.34. The number of fused-ring (bicyclic) bond motifs is 1. The van der Waals surface area contributed by atoms with Crippen molar-refractivity contribution in [1.29, 1.82) is 0 Å². The van der Waals surface area contributed by atoms with Crippen LogP contribution < -0.4 is 5.32 Å². The quantitative estimate of drug-likeness (QED) is 0.645. The lowest BCUT2D eigenvalue weighted by molar-refractivity contribution is -0.127. The summed E-state index contributed by atoms with van der Waals surface area (Å²) in [7, 11) is 0. The molecular formula is C9H15NO2S. The Kier molecular flexibility index (Phi) is 2.51. The highest BCUT2D eigenvalue weighted by Crippen LogP contribution is 2.40. The minimum atomic E-state index is -0.000833. The maximum absolute atomic E-state index is 11.2. The Bertz CT molecular complexity index is 222. The fraction of sp³-hybridized carbons (Fsp3) is 0.889. The zero-order chi connectivity index (χ0) is 9.31. The molecule has 13 heavy (non-hydrogen) atoms. The normalized spacial score (nSPS) is 39.5. The van der Waals surface area contributed by atoms with Gasteiger partial charge in [-0.3, -0.25) is 4.79 Å². The largest absolute Gasteiger partial charge is 0.396 e. The van der Waals surface area contributed by atoms with Crippen molar-refractivity contribution in [2.24, 2.45) is 5.41 Å². The van der Waals surface area contributed by atoms with E-state index < -0.39 is 0 Å². The molecule has 0 aromatic carbocycles. The summed E-state index contributed by atoms with van der Waals surface area (Å²) in [5, 5.41) is 12.4. The second-order valence-corrected chi connectivity index (χ2v) is 5.12. The molecule has 0 radical (unpaired) electrons. The highest BCUT2D eigenvalue weighted by molar-refractivity contribution is 7.99. The molecule has 0 spiro atoms. The summed E-state index contributed by atoms with van der Waals surface area (Å²) in [6.45, 7) is 0.221. The van der Waals surface area contributed by atoms with Gasteiger partial charge in [-0.15, -0.1) is 0 Å². The molecule has 2 fully saturated rings. The van der Waals surface area contributed by atoms with Gasteiger partial charge in [0.05, 0.1) is 6.61 Å². The average molecular weight is 201 g/mol. The first-order valence-corrected chi connectivity index (χ1v) is 5.90. The number of hydrogen-bond acceptors (Lipinski definition) is 3. The summed E-state index contributed by atoms with van der Waals surface area (Å²) in [6, 6.07) is 0.206. The third kappa shape index (κ3) is 1.57. The van der Waals surface area contributed by atoms with Gasteiger partial charge in [-0.1, -0.05) is 0 Å². The van der Waals surface area contributed by atoms with Crippen LogP contribution in [0.25, 0.3) is 0 Å². The molecule has 2 saturated heterocycles. The Morgan fingerprint density at radius 2 is 2.46 bits per heavy atom. The lowest BCUT2D eigenvalue weighted by atomic mass is 9.73. The molecule has 0 bridgehead atoms. The lowest BCUT2D eigenvalue weighted by Crippen LogP contribution is -2.57. The lowest BCUT2D eigenvalue weighted by Gasteiger charge is -2.46. The molecule has 0 saturated carbocycles. The molecule has 0 aromatic rings. The van der Waals surface area contributed by atoms with Gasteiger partial charge >= 0.3 is 0 Å². The summed E-state index contributed by atoms with van der Waals surface area (Å²) < 4.78 is 0. The first-order chi connectivity index (χ1) is 6.27. The van der Waals surface area contributed by atoms with Crippen LogP contribution in [0.1, 0.15) is 19.3 Å². The number of thioether (sulfide) groups is 1. The number of aliphatic hydroxyl groups excluding tert-OH is 1. The number of rotatable bonds is 1. The van der Waals surface area contributed by atoms with Crippen molar-refractivity contribution in [3.8, 4) is 0 Å². The van der Waals surface area contributed by atoms with Crippen molar-refractivity contribution in [2.45, 2.75) is 25.3 Å². The molecule has 2 N–H and O–H groups in total. The third-order valence-corrected chi connectivity index (χ3v) is 4.33. The monoisotopic (exact) mass is 201 g/mol. The molecule has 0 aliphatic carbocycles. The van der Waals surface area contributed by atoms with Gasteiger partial charge in [0.2, 0.25) is 5.91 Å². The zero-order valence-electron chi connectivity index (χ0n) is 7.58. The van der Waals surface area contributed by atoms with Gasteiger partial charge in [-0.2, -0.15) is 11.8 Å². The van der Waals surface area contributed by atoms with Crippen molar-refractivity contribution < 1.29 is 9.90 Å². The van der Waals surface area contributed by atoms with Gasteiger partial charge in [-0.25, -0.2) is 0 Å². The predicted octanol–water partition coefficient (Wildman–Crippen LogP) is 0.381. The molecule has 2 aliphatic heterocycles. The molecule has 2 aliphatic rings. The molecule has 0 aromatic heterocycles. The number of nitrogens with one attached hydrogen (secondary N) is 1. The number of amides is 1. The first-order valence-electron chi connectivity index (χ1n) is 4.75. The number of piperidine rings is 1. The SMILES string of the molecule is O=C1CCC2(CO)CCSCC2N1. The fourth-order valence-electron chi connectivity index (χ4n) is 2.22. The zero-order valence-corrected chi connectivity index (χ0v) is 8.40. The van der Waals surface area contributed by atoms with E-state index >= 15 is 0 Å². The van der Waals surface area contributed by atoms with Crippen LogP contribution in [0.2, 0.25) is 0 Å². The van der Waals surface area contributed by atoms with Gasteiger partial charge in [-0.05, 0) is 18.6 Å². The maximum atomic E-state index is 11.2. The Labute approximate surface area is 82.3 Å². The van der Waals surface area contributed by atoms with E-state index in [1.807, 2.05) is 11.8 Å². The van der Waals surface area contributed by atoms with Gasteiger partial charge < -0.3 is 10.4 Å². The Hall–Kier alpha value is -0.220. The van der Waals surface area contributed by atoms with Crippen molar-refractivity contribution in [3.63, 3.8) is 0 Å². The minimum absolute atomic E-state index is 0.000833. The van der Waals surface area contributed by atoms with Crippen molar-refractivity contribution in [3.05, 3.63) is 0 Å². The minimum Gasteiger partial charge on any atom is -0.396 e. The highest BCUT2D eigenvalue weighted by Gasteiger charge is 2.44. The van der Waals surface area contributed by atoms with Gasteiger partial charge in [0.25, 0.3) is 0 Å². The molecular weight excluding hydrogens is 186 g/mol. The van der Waals surface area contributed by atoms with Crippen molar-refractivity contribution in [1.82, 2.24) is 5.32 Å². The smallest absolute Gasteiger partial charge is 0.220 e. The van der Waals surface area contributed by atoms with Crippen LogP contribution in [0.15, 0.2) is 0 Å². The summed E-state index contributed by atoms with van der Waals surface area (Å²) in [5.41, 5.74) is -0.000833. The maximum Gasteiger partial charge on any atom is 0.220 e. The standard InChI is InChI=1S/C9H15NO2S/c11-6-9-2-1-8(12)10-7(9)5-13-4-3-9/h7,11H,1-6H2,(H,10,12). The molecule has 2 rings (SSSR count). The van der Waals surface area contributed by atoms with Crippen LogP contribution >= 0.6 is 11.8 Å². The Morgan fingerprint density at radius 3 is 3.23 bits per heavy atom. The van der Waals surface area contributed by atoms with Crippen LogP contribution in [-0.4, -0.2) is 35.2 Å². The van der Waals surface area contributed by atoms with E-state index in [-0.39, 0.29) is 24.0 Å². The van der Waals surface area contributed by atoms with Crippen LogP contribution in [-0.2, 0) is 4.79 Å². The van der Waals surface area contributed by atoms with E-state index in [1.54, 1.807) is 0 Å². The van der Waals surface area contributed by atoms with E-state index in [1.165, 1.54) is 0 Å². The van der Waals surface area contributed by atoms with Crippen LogP contribution in [0, 0.1) is 5.41 Å². The molecule has 74 valence electrons. The molecule has 4 heteroatoms. The Morgan fingerprint density at radius 1 is 1.62 bits per heavy atom. The topological polar surface area (TPSA) is 49.3 Å². The summed E-state index contributed by atoms with van der Waals surface area (Å²) in [6.07, 6.45) is 2.49. The van der Waals surface area contributed by atoms with Crippen LogP contribution in [0.3, 0.4) is 0 Å². The second kappa shape index (κ2) is 3.50. The molecule has 2 atom stereocenters. The number of carbonyl (C=O) groups excluding carboxylic acids is 1. The Balaban J connectivity index is 2.14. The second-order valence-electron chi connectivity index (χ2n) is 3.97. The van der Waals surface area contributed by atoms with E-state index in [4.69, 9.17) is 0 Å². The number of carbonyl (C=O) groups is 1. The van der Waals surface area contributed by atoms with Gasteiger partial charge in [0.1, 0.15) is 0 Å². The summed E-state index contributed by atoms with van der Waals surface area (Å²) >= 11 is 1.87. The summed E-state index contributed by atoms with van der Waals surface area (Å²) in [4.78, 5) is 11.2. The van der Waals surface area contributed by atoms with Crippen molar-refractivity contribution in [2.75, 3.05) is 18.1 Å². The van der Waals surface area contributed by atoms with E-state index in [2.05, 4.69) is 5.32 Å². The van der Waals surface area contributed by atoms with Crippen LogP contribution in [0.4, 0.5) is 0 Å². The van der Waals surface area contributed by atoms with Crippen LogP contribution in [0.5, 0.6) is 0 Å². The highest BCUT2D eigenvalue weighted by atomic mass is 32.2. The summed E-state index contributed by atoms with van der Waals surface area (Å²) in [5.74, 6) is 2.23. The van der Waals surface area contributed by atoms with Gasteiger partial charge in [0.15, 0.2) is 0 Å². The predicted molar refractivity (Wildman–Crippen MR) is 52.6 cm³/mol. The molecule has 2 heterocycles. The average Bonchev–Trinajstić information content (AvgIpc) is 2.18. The third-order valence-electron chi connectivity index (χ3n) is 3.27. The fourth-order valence-corrected chi connectivity index (χ4v) is 3.61. The molecule has 2 unspecified atom stereocenters. The molecule has 1 amide bonds. The van der Waals surface area contributed by atoms with Gasteiger partial charge in [0, 0.05) is 23.6 Å².